The van der Waals surface area contributed by atoms with Crippen molar-refractivity contribution in [1.82, 2.24) is 19.5 Å². The first-order chi connectivity index (χ1) is 16.0. The maximum atomic E-state index is 13.1. The summed E-state index contributed by atoms with van der Waals surface area (Å²) in [5.41, 5.74) is 4.95. The molecule has 1 aliphatic heterocycles. The van der Waals surface area contributed by atoms with E-state index in [0.29, 0.717) is 50.1 Å². The minimum atomic E-state index is -1.29. The van der Waals surface area contributed by atoms with Gasteiger partial charge in [0.25, 0.3) is 0 Å². The molecule has 1 aromatic carbocycles. The molecule has 1 saturated heterocycles. The molecule has 3 heterocycles. The fourth-order valence-corrected chi connectivity index (χ4v) is 3.68. The van der Waals surface area contributed by atoms with Crippen molar-refractivity contribution in [3.05, 3.63) is 58.5 Å². The zero-order valence-corrected chi connectivity index (χ0v) is 18.1. The average Bonchev–Trinajstić information content (AvgIpc) is 2.83. The molecular weight excluding hydrogens is 428 g/mol. The summed E-state index contributed by atoms with van der Waals surface area (Å²) in [5.74, 6) is -0.702. The van der Waals surface area contributed by atoms with Crippen LogP contribution in [-0.2, 0) is 9.47 Å². The summed E-state index contributed by atoms with van der Waals surface area (Å²) in [6.45, 7) is 5.35. The number of ether oxygens (including phenoxy) is 2. The quantitative estimate of drug-likeness (QED) is 0.436. The number of anilines is 1. The summed E-state index contributed by atoms with van der Waals surface area (Å²) in [5, 5.41) is 4.22. The number of hydrogen-bond donors (Lipinski definition) is 1. The van der Waals surface area contributed by atoms with Crippen LogP contribution in [0.3, 0.4) is 0 Å². The summed E-state index contributed by atoms with van der Waals surface area (Å²) >= 11 is 0. The SMILES string of the molecule is CCCN(c1ncc2c(=O)c(C(=O)OC(N)=O)cn(-c3ccccc3)c2n1)N1CCOCC1. The summed E-state index contributed by atoms with van der Waals surface area (Å²) in [6.07, 6.45) is 2.27. The monoisotopic (exact) mass is 452 g/mol. The van der Waals surface area contributed by atoms with E-state index in [2.05, 4.69) is 21.7 Å². The van der Waals surface area contributed by atoms with E-state index in [0.717, 1.165) is 6.42 Å². The van der Waals surface area contributed by atoms with Crippen LogP contribution in [0.2, 0.25) is 0 Å². The van der Waals surface area contributed by atoms with Gasteiger partial charge < -0.3 is 19.8 Å². The van der Waals surface area contributed by atoms with Gasteiger partial charge in [-0.1, -0.05) is 25.1 Å². The van der Waals surface area contributed by atoms with Crippen molar-refractivity contribution < 1.29 is 19.1 Å². The van der Waals surface area contributed by atoms with E-state index < -0.39 is 17.5 Å². The number of aromatic nitrogens is 3. The predicted octanol–water partition coefficient (Wildman–Crippen LogP) is 1.48. The number of amides is 1. The molecule has 2 aromatic heterocycles. The second-order valence-corrected chi connectivity index (χ2v) is 7.38. The maximum absolute atomic E-state index is 13.1. The van der Waals surface area contributed by atoms with Crippen molar-refractivity contribution in [3.8, 4) is 5.69 Å². The molecule has 1 fully saturated rings. The van der Waals surface area contributed by atoms with E-state index >= 15 is 0 Å². The zero-order chi connectivity index (χ0) is 23.4. The fourth-order valence-electron chi connectivity index (χ4n) is 3.68. The van der Waals surface area contributed by atoms with Crippen molar-refractivity contribution in [1.29, 1.82) is 0 Å². The number of esters is 1. The number of rotatable bonds is 6. The zero-order valence-electron chi connectivity index (χ0n) is 18.1. The number of hydrogen-bond acceptors (Lipinski definition) is 9. The van der Waals surface area contributed by atoms with Crippen LogP contribution in [0.15, 0.2) is 47.5 Å². The lowest BCUT2D eigenvalue weighted by atomic mass is 10.2. The van der Waals surface area contributed by atoms with Crippen molar-refractivity contribution in [2.24, 2.45) is 5.73 Å². The Bertz CT molecular complexity index is 1220. The number of fused-ring (bicyclic) bond motifs is 1. The van der Waals surface area contributed by atoms with E-state index in [-0.39, 0.29) is 10.9 Å². The molecule has 3 aromatic rings. The molecule has 0 aliphatic carbocycles. The van der Waals surface area contributed by atoms with Crippen molar-refractivity contribution in [2.45, 2.75) is 13.3 Å². The van der Waals surface area contributed by atoms with Crippen LogP contribution in [0.1, 0.15) is 23.7 Å². The highest BCUT2D eigenvalue weighted by Crippen LogP contribution is 2.20. The van der Waals surface area contributed by atoms with Gasteiger partial charge in [0.2, 0.25) is 11.4 Å². The van der Waals surface area contributed by atoms with Crippen LogP contribution in [0.4, 0.5) is 10.7 Å². The van der Waals surface area contributed by atoms with Gasteiger partial charge in [0, 0.05) is 37.7 Å². The third kappa shape index (κ3) is 4.69. The topological polar surface area (TPSA) is 133 Å². The number of hydrazine groups is 1. The van der Waals surface area contributed by atoms with Crippen LogP contribution in [0, 0.1) is 0 Å². The van der Waals surface area contributed by atoms with Crippen molar-refractivity contribution in [3.63, 3.8) is 0 Å². The molecule has 172 valence electrons. The highest BCUT2D eigenvalue weighted by atomic mass is 16.6. The van der Waals surface area contributed by atoms with Crippen LogP contribution in [0.5, 0.6) is 0 Å². The number of primary amides is 1. The van der Waals surface area contributed by atoms with E-state index in [4.69, 9.17) is 15.5 Å². The number of carbonyl (C=O) groups is 2. The van der Waals surface area contributed by atoms with Gasteiger partial charge in [-0.05, 0) is 18.6 Å². The van der Waals surface area contributed by atoms with Gasteiger partial charge in [0.05, 0.1) is 18.6 Å². The van der Waals surface area contributed by atoms with E-state index in [1.807, 2.05) is 23.2 Å². The number of nitrogens with two attached hydrogens (primary N) is 1. The van der Waals surface area contributed by atoms with E-state index in [9.17, 15) is 14.4 Å². The van der Waals surface area contributed by atoms with Crippen LogP contribution in [-0.4, -0.2) is 64.5 Å². The van der Waals surface area contributed by atoms with Gasteiger partial charge in [-0.2, -0.15) is 4.98 Å². The Morgan fingerprint density at radius 2 is 1.94 bits per heavy atom. The second-order valence-electron chi connectivity index (χ2n) is 7.38. The molecule has 0 unspecified atom stereocenters. The second kappa shape index (κ2) is 9.76. The molecule has 11 heteroatoms. The number of benzene rings is 1. The molecule has 11 nitrogen and oxygen atoms in total. The molecule has 1 amide bonds. The number of morpholine rings is 1. The lowest BCUT2D eigenvalue weighted by Crippen LogP contribution is -2.50. The first-order valence-corrected chi connectivity index (χ1v) is 10.6. The number of nitrogens with zero attached hydrogens (tertiary/aromatic N) is 5. The van der Waals surface area contributed by atoms with Gasteiger partial charge in [-0.25, -0.2) is 19.6 Å². The third-order valence-electron chi connectivity index (χ3n) is 5.17. The first kappa shape index (κ1) is 22.4. The minimum Gasteiger partial charge on any atom is -0.379 e. The number of para-hydroxylation sites is 1. The van der Waals surface area contributed by atoms with Crippen molar-refractivity contribution >= 4 is 29.0 Å². The van der Waals surface area contributed by atoms with Gasteiger partial charge in [-0.3, -0.25) is 9.80 Å². The largest absolute Gasteiger partial charge is 0.412 e. The summed E-state index contributed by atoms with van der Waals surface area (Å²) in [4.78, 5) is 45.6. The van der Waals surface area contributed by atoms with Crippen LogP contribution in [0.25, 0.3) is 16.7 Å². The molecule has 4 rings (SSSR count). The van der Waals surface area contributed by atoms with Crippen LogP contribution >= 0.6 is 0 Å². The predicted molar refractivity (Wildman–Crippen MR) is 120 cm³/mol. The Labute approximate surface area is 189 Å². The first-order valence-electron chi connectivity index (χ1n) is 10.6. The molecule has 0 saturated carbocycles. The normalized spacial score (nSPS) is 14.2. The highest BCUT2D eigenvalue weighted by Gasteiger charge is 2.24. The molecule has 2 N–H and O–H groups in total. The standard InChI is InChI=1S/C22H24N6O5/c1-2-8-28(26-9-11-32-12-10-26)22-24-13-16-18(29)17(20(30)33-21(23)31)14-27(19(16)25-22)15-6-4-3-5-7-15/h3-7,13-14H,2,8-12H2,1H3,(H2,23,31). The Kier molecular flexibility index (Phi) is 6.61. The van der Waals surface area contributed by atoms with E-state index in [1.54, 1.807) is 16.7 Å². The maximum Gasteiger partial charge on any atom is 0.412 e. The molecule has 0 radical (unpaired) electrons. The summed E-state index contributed by atoms with van der Waals surface area (Å²) in [7, 11) is 0. The fraction of sp³-hybridized carbons (Fsp3) is 0.318. The minimum absolute atomic E-state index is 0.111. The molecule has 0 spiro atoms. The van der Waals surface area contributed by atoms with Crippen molar-refractivity contribution in [2.75, 3.05) is 37.9 Å². The Morgan fingerprint density at radius 3 is 2.61 bits per heavy atom. The van der Waals surface area contributed by atoms with Crippen LogP contribution < -0.4 is 16.2 Å². The molecule has 33 heavy (non-hydrogen) atoms. The lowest BCUT2D eigenvalue weighted by molar-refractivity contribution is 0.0308. The Morgan fingerprint density at radius 1 is 1.21 bits per heavy atom. The molecule has 0 bridgehead atoms. The highest BCUT2D eigenvalue weighted by molar-refractivity contribution is 5.98. The summed E-state index contributed by atoms with van der Waals surface area (Å²) in [6, 6.07) is 9.10. The van der Waals surface area contributed by atoms with Gasteiger partial charge >= 0.3 is 12.1 Å². The Balaban J connectivity index is 1.90. The molecule has 1 aliphatic rings. The molecular formula is C22H24N6O5. The Hall–Kier alpha value is -3.83. The van der Waals surface area contributed by atoms with Gasteiger partial charge in [0.15, 0.2) is 5.65 Å². The van der Waals surface area contributed by atoms with Gasteiger partial charge in [0.1, 0.15) is 5.56 Å². The average molecular weight is 452 g/mol. The number of pyridine rings is 1. The van der Waals surface area contributed by atoms with Gasteiger partial charge in [-0.15, -0.1) is 0 Å². The lowest BCUT2D eigenvalue weighted by Gasteiger charge is -2.37. The third-order valence-corrected chi connectivity index (χ3v) is 5.17. The van der Waals surface area contributed by atoms with E-state index in [1.165, 1.54) is 12.4 Å². The molecule has 0 atom stereocenters. The summed E-state index contributed by atoms with van der Waals surface area (Å²) < 4.78 is 11.5. The number of carbonyl (C=O) groups excluding carboxylic acids is 2. The smallest absolute Gasteiger partial charge is 0.379 e.